The third-order valence-corrected chi connectivity index (χ3v) is 4.45. The van der Waals surface area contributed by atoms with E-state index < -0.39 is 0 Å². The predicted octanol–water partition coefficient (Wildman–Crippen LogP) is 4.47. The lowest BCUT2D eigenvalue weighted by Gasteiger charge is -2.14. The fraction of sp³-hybridized carbons (Fsp3) is 0.250. The Balaban J connectivity index is 2.47. The zero-order valence-electron chi connectivity index (χ0n) is 11.7. The molecule has 2 nitrogen and oxygen atoms in total. The molecular formula is C16H18O2S. The van der Waals surface area contributed by atoms with Gasteiger partial charge in [-0.3, -0.25) is 0 Å². The molecule has 0 amide bonds. The number of aryl methyl sites for hydroxylation is 2. The van der Waals surface area contributed by atoms with Gasteiger partial charge in [0.05, 0.1) is 24.0 Å². The zero-order chi connectivity index (χ0) is 13.8. The third-order valence-electron chi connectivity index (χ3n) is 3.00. The van der Waals surface area contributed by atoms with Crippen molar-refractivity contribution in [2.24, 2.45) is 0 Å². The summed E-state index contributed by atoms with van der Waals surface area (Å²) < 4.78 is 10.9. The molecule has 19 heavy (non-hydrogen) atoms. The number of benzene rings is 2. The summed E-state index contributed by atoms with van der Waals surface area (Å²) in [6.07, 6.45) is 0. The molecule has 0 aliphatic rings. The van der Waals surface area contributed by atoms with Crippen LogP contribution in [0.3, 0.4) is 0 Å². The normalized spacial score (nSPS) is 10.3. The summed E-state index contributed by atoms with van der Waals surface area (Å²) in [5.74, 6) is 1.80. The van der Waals surface area contributed by atoms with Crippen molar-refractivity contribution < 1.29 is 9.47 Å². The average molecular weight is 274 g/mol. The van der Waals surface area contributed by atoms with Gasteiger partial charge in [0.1, 0.15) is 11.5 Å². The van der Waals surface area contributed by atoms with Crippen molar-refractivity contribution in [3.63, 3.8) is 0 Å². The first-order valence-electron chi connectivity index (χ1n) is 6.12. The Kier molecular flexibility index (Phi) is 4.38. The molecule has 0 spiro atoms. The van der Waals surface area contributed by atoms with E-state index in [0.717, 1.165) is 21.3 Å². The Labute approximate surface area is 118 Å². The van der Waals surface area contributed by atoms with E-state index in [2.05, 4.69) is 26.0 Å². The third kappa shape index (κ3) is 2.87. The largest absolute Gasteiger partial charge is 0.496 e. The molecule has 3 heteroatoms. The highest BCUT2D eigenvalue weighted by molar-refractivity contribution is 7.99. The van der Waals surface area contributed by atoms with Gasteiger partial charge < -0.3 is 9.47 Å². The maximum Gasteiger partial charge on any atom is 0.133 e. The summed E-state index contributed by atoms with van der Waals surface area (Å²) in [6, 6.07) is 12.2. The molecule has 0 unspecified atom stereocenters. The van der Waals surface area contributed by atoms with Crippen LogP contribution in [0.1, 0.15) is 11.1 Å². The summed E-state index contributed by atoms with van der Waals surface area (Å²) in [5.41, 5.74) is 2.41. The minimum absolute atomic E-state index is 0.898. The molecule has 0 saturated carbocycles. The van der Waals surface area contributed by atoms with Crippen LogP contribution in [0.5, 0.6) is 11.5 Å². The topological polar surface area (TPSA) is 18.5 Å². The van der Waals surface area contributed by atoms with E-state index in [9.17, 15) is 0 Å². The van der Waals surface area contributed by atoms with Crippen LogP contribution in [0.2, 0.25) is 0 Å². The van der Waals surface area contributed by atoms with E-state index in [-0.39, 0.29) is 0 Å². The molecule has 0 aliphatic heterocycles. The molecule has 100 valence electrons. The molecule has 0 N–H and O–H groups in total. The summed E-state index contributed by atoms with van der Waals surface area (Å²) in [5, 5.41) is 0. The molecule has 0 aliphatic carbocycles. The Morgan fingerprint density at radius 1 is 0.737 bits per heavy atom. The van der Waals surface area contributed by atoms with E-state index in [1.165, 1.54) is 11.1 Å². The van der Waals surface area contributed by atoms with Crippen molar-refractivity contribution in [3.8, 4) is 11.5 Å². The van der Waals surface area contributed by atoms with Gasteiger partial charge in [-0.25, -0.2) is 0 Å². The van der Waals surface area contributed by atoms with Crippen LogP contribution >= 0.6 is 11.8 Å². The van der Waals surface area contributed by atoms with Crippen molar-refractivity contribution in [2.75, 3.05) is 14.2 Å². The molecule has 0 atom stereocenters. The van der Waals surface area contributed by atoms with Crippen LogP contribution in [0.4, 0.5) is 0 Å². The first kappa shape index (κ1) is 13.8. The molecule has 0 heterocycles. The number of ether oxygens (including phenoxy) is 2. The van der Waals surface area contributed by atoms with E-state index >= 15 is 0 Å². The minimum atomic E-state index is 0.898. The van der Waals surface area contributed by atoms with Crippen molar-refractivity contribution in [1.82, 2.24) is 0 Å². The fourth-order valence-electron chi connectivity index (χ4n) is 1.94. The average Bonchev–Trinajstić information content (AvgIpc) is 2.42. The quantitative estimate of drug-likeness (QED) is 0.819. The lowest BCUT2D eigenvalue weighted by atomic mass is 10.2. The van der Waals surface area contributed by atoms with Crippen LogP contribution in [0, 0.1) is 13.8 Å². The highest BCUT2D eigenvalue weighted by Crippen LogP contribution is 2.42. The van der Waals surface area contributed by atoms with Gasteiger partial charge in [-0.05, 0) is 37.1 Å². The van der Waals surface area contributed by atoms with Gasteiger partial charge in [-0.2, -0.15) is 0 Å². The van der Waals surface area contributed by atoms with Crippen LogP contribution < -0.4 is 9.47 Å². The number of hydrogen-bond acceptors (Lipinski definition) is 3. The predicted molar refractivity (Wildman–Crippen MR) is 79.6 cm³/mol. The van der Waals surface area contributed by atoms with Gasteiger partial charge in [0.15, 0.2) is 0 Å². The van der Waals surface area contributed by atoms with Gasteiger partial charge in [-0.1, -0.05) is 36.0 Å². The summed E-state index contributed by atoms with van der Waals surface area (Å²) >= 11 is 1.69. The molecule has 0 bridgehead atoms. The Hall–Kier alpha value is -1.61. The summed E-state index contributed by atoms with van der Waals surface area (Å²) in [6.45, 7) is 4.19. The second kappa shape index (κ2) is 6.02. The first-order valence-corrected chi connectivity index (χ1v) is 6.94. The van der Waals surface area contributed by atoms with Crippen LogP contribution in [0.15, 0.2) is 46.2 Å². The Morgan fingerprint density at radius 2 is 1.16 bits per heavy atom. The van der Waals surface area contributed by atoms with E-state index in [4.69, 9.17) is 9.47 Å². The Bertz CT molecular complexity index is 527. The van der Waals surface area contributed by atoms with Crippen LogP contribution in [0.25, 0.3) is 0 Å². The van der Waals surface area contributed by atoms with Crippen molar-refractivity contribution in [1.29, 1.82) is 0 Å². The molecule has 0 aromatic heterocycles. The molecular weight excluding hydrogens is 256 g/mol. The molecule has 0 radical (unpaired) electrons. The van der Waals surface area contributed by atoms with E-state index in [0.29, 0.717) is 0 Å². The maximum absolute atomic E-state index is 5.45. The van der Waals surface area contributed by atoms with E-state index in [1.807, 2.05) is 24.3 Å². The fourth-order valence-corrected chi connectivity index (χ4v) is 3.10. The number of rotatable bonds is 4. The van der Waals surface area contributed by atoms with Crippen LogP contribution in [-0.2, 0) is 0 Å². The highest BCUT2D eigenvalue weighted by atomic mass is 32.2. The summed E-state index contributed by atoms with van der Waals surface area (Å²) in [7, 11) is 3.40. The lowest BCUT2D eigenvalue weighted by molar-refractivity contribution is 0.402. The smallest absolute Gasteiger partial charge is 0.133 e. The van der Waals surface area contributed by atoms with Gasteiger partial charge in [-0.15, -0.1) is 0 Å². The first-order chi connectivity index (χ1) is 9.17. The van der Waals surface area contributed by atoms with E-state index in [1.54, 1.807) is 26.0 Å². The minimum Gasteiger partial charge on any atom is -0.496 e. The summed E-state index contributed by atoms with van der Waals surface area (Å²) in [4.78, 5) is 2.27. The monoisotopic (exact) mass is 274 g/mol. The lowest BCUT2D eigenvalue weighted by Crippen LogP contribution is -1.92. The van der Waals surface area contributed by atoms with Gasteiger partial charge >= 0.3 is 0 Å². The van der Waals surface area contributed by atoms with Gasteiger partial charge in [0.25, 0.3) is 0 Å². The Morgan fingerprint density at radius 3 is 1.53 bits per heavy atom. The SMILES string of the molecule is COc1cccc(C)c1Sc1c(C)cccc1OC. The molecule has 0 fully saturated rings. The zero-order valence-corrected chi connectivity index (χ0v) is 12.5. The second-order valence-electron chi connectivity index (χ2n) is 4.31. The molecule has 2 aromatic carbocycles. The molecule has 2 rings (SSSR count). The second-order valence-corrected chi connectivity index (χ2v) is 5.34. The van der Waals surface area contributed by atoms with Crippen molar-refractivity contribution >= 4 is 11.8 Å². The van der Waals surface area contributed by atoms with Gasteiger partial charge in [0.2, 0.25) is 0 Å². The molecule has 0 saturated heterocycles. The number of methoxy groups -OCH3 is 2. The van der Waals surface area contributed by atoms with Gasteiger partial charge in [0, 0.05) is 0 Å². The highest BCUT2D eigenvalue weighted by Gasteiger charge is 2.13. The van der Waals surface area contributed by atoms with Crippen molar-refractivity contribution in [3.05, 3.63) is 47.5 Å². The molecule has 2 aromatic rings. The van der Waals surface area contributed by atoms with Crippen molar-refractivity contribution in [2.45, 2.75) is 23.6 Å². The number of hydrogen-bond donors (Lipinski definition) is 0. The maximum atomic E-state index is 5.45. The van der Waals surface area contributed by atoms with Crippen LogP contribution in [-0.4, -0.2) is 14.2 Å². The standard InChI is InChI=1S/C16H18O2S/c1-11-7-5-9-13(17-3)15(11)19-16-12(2)8-6-10-14(16)18-4/h5-10H,1-4H3.